The Labute approximate surface area is 204 Å². The third-order valence-corrected chi connectivity index (χ3v) is 5.40. The molecule has 0 saturated heterocycles. The van der Waals surface area contributed by atoms with Crippen LogP contribution in [0.1, 0.15) is 29.2 Å². The van der Waals surface area contributed by atoms with Crippen molar-refractivity contribution in [2.24, 2.45) is 0 Å². The van der Waals surface area contributed by atoms with Gasteiger partial charge in [-0.1, -0.05) is 42.0 Å². The first-order chi connectivity index (χ1) is 17.0. The van der Waals surface area contributed by atoms with Crippen molar-refractivity contribution in [2.45, 2.75) is 19.4 Å². The summed E-state index contributed by atoms with van der Waals surface area (Å²) < 4.78 is 5.83. The standard InChI is InChI=1S/C28H26N4O3/c1-19-8-12-22(13-9-19)35-23-14-10-21(11-15-23)31-28(34)32-26(24-6-2-3-7-27(24)33)17-25(29)20-5-4-16-30-18-20/h2-16,18,26,29,33H,17H2,1H3,(H2,31,32,34). The number of carbonyl (C=O) groups is 1. The van der Waals surface area contributed by atoms with Crippen LogP contribution in [0.15, 0.2) is 97.3 Å². The Morgan fingerprint density at radius 1 is 0.971 bits per heavy atom. The average molecular weight is 467 g/mol. The SMILES string of the molecule is Cc1ccc(Oc2ccc(NC(=O)NC(CC(=N)c3cccnc3)c3ccccc3O)cc2)cc1. The molecule has 0 bridgehead atoms. The largest absolute Gasteiger partial charge is 0.508 e. The fourth-order valence-electron chi connectivity index (χ4n) is 3.56. The average Bonchev–Trinajstić information content (AvgIpc) is 2.87. The minimum atomic E-state index is -0.618. The van der Waals surface area contributed by atoms with Crippen LogP contribution in [0.4, 0.5) is 10.5 Å². The number of hydrogen-bond donors (Lipinski definition) is 4. The van der Waals surface area contributed by atoms with Crippen LogP contribution in [0, 0.1) is 12.3 Å². The number of phenolic OH excluding ortho intramolecular Hbond substituents is 1. The third kappa shape index (κ3) is 6.45. The van der Waals surface area contributed by atoms with Crippen molar-refractivity contribution < 1.29 is 14.6 Å². The van der Waals surface area contributed by atoms with Crippen LogP contribution < -0.4 is 15.4 Å². The van der Waals surface area contributed by atoms with Gasteiger partial charge in [-0.25, -0.2) is 4.79 Å². The zero-order chi connectivity index (χ0) is 24.6. The first-order valence-electron chi connectivity index (χ1n) is 11.2. The number of pyridine rings is 1. The molecule has 0 aliphatic carbocycles. The van der Waals surface area contributed by atoms with Crippen LogP contribution in [-0.2, 0) is 0 Å². The maximum atomic E-state index is 12.8. The molecule has 0 radical (unpaired) electrons. The van der Waals surface area contributed by atoms with Crippen LogP contribution in [0.2, 0.25) is 0 Å². The lowest BCUT2D eigenvalue weighted by atomic mass is 9.97. The molecule has 4 N–H and O–H groups in total. The number of nitrogens with one attached hydrogen (secondary N) is 3. The monoisotopic (exact) mass is 466 g/mol. The number of amides is 2. The van der Waals surface area contributed by atoms with E-state index in [1.54, 1.807) is 73.1 Å². The number of nitrogens with zero attached hydrogens (tertiary/aromatic N) is 1. The van der Waals surface area contributed by atoms with Crippen molar-refractivity contribution in [3.8, 4) is 17.2 Å². The highest BCUT2D eigenvalue weighted by Gasteiger charge is 2.20. The molecule has 35 heavy (non-hydrogen) atoms. The third-order valence-electron chi connectivity index (χ3n) is 5.40. The van der Waals surface area contributed by atoms with Crippen LogP contribution in [-0.4, -0.2) is 21.8 Å². The van der Waals surface area contributed by atoms with Crippen LogP contribution in [0.25, 0.3) is 0 Å². The molecule has 4 rings (SSSR count). The van der Waals surface area contributed by atoms with Gasteiger partial charge in [0.15, 0.2) is 0 Å². The van der Waals surface area contributed by atoms with E-state index in [2.05, 4.69) is 15.6 Å². The van der Waals surface area contributed by atoms with Gasteiger partial charge < -0.3 is 25.9 Å². The lowest BCUT2D eigenvalue weighted by Gasteiger charge is -2.21. The predicted molar refractivity (Wildman–Crippen MR) is 136 cm³/mol. The first-order valence-corrected chi connectivity index (χ1v) is 11.2. The number of carbonyl (C=O) groups excluding carboxylic acids is 1. The quantitative estimate of drug-likeness (QED) is 0.232. The van der Waals surface area contributed by atoms with Crippen molar-refractivity contribution >= 4 is 17.4 Å². The van der Waals surface area contributed by atoms with E-state index < -0.39 is 12.1 Å². The molecule has 1 aromatic heterocycles. The van der Waals surface area contributed by atoms with Crippen LogP contribution in [0.3, 0.4) is 0 Å². The number of phenols is 1. The topological polar surface area (TPSA) is 107 Å². The Bertz CT molecular complexity index is 1290. The van der Waals surface area contributed by atoms with Gasteiger partial charge in [0.1, 0.15) is 17.2 Å². The van der Waals surface area contributed by atoms with Crippen molar-refractivity contribution in [3.63, 3.8) is 0 Å². The van der Waals surface area contributed by atoms with Gasteiger partial charge in [0.25, 0.3) is 0 Å². The number of benzene rings is 3. The van der Waals surface area contributed by atoms with E-state index >= 15 is 0 Å². The molecule has 4 aromatic rings. The minimum Gasteiger partial charge on any atom is -0.508 e. The molecule has 0 spiro atoms. The number of anilines is 1. The van der Waals surface area contributed by atoms with Gasteiger partial charge in [0, 0.05) is 41.3 Å². The maximum absolute atomic E-state index is 12.8. The fourth-order valence-corrected chi connectivity index (χ4v) is 3.56. The molecule has 7 nitrogen and oxygen atoms in total. The number of hydrogen-bond acceptors (Lipinski definition) is 5. The Morgan fingerprint density at radius 3 is 2.31 bits per heavy atom. The minimum absolute atomic E-state index is 0.0504. The molecule has 1 unspecified atom stereocenters. The summed E-state index contributed by atoms with van der Waals surface area (Å²) in [6.07, 6.45) is 3.42. The number of aromatic nitrogens is 1. The summed E-state index contributed by atoms with van der Waals surface area (Å²) >= 11 is 0. The number of para-hydroxylation sites is 1. The van der Waals surface area contributed by atoms with Crippen molar-refractivity contribution in [3.05, 3.63) is 114 Å². The van der Waals surface area contributed by atoms with Crippen molar-refractivity contribution in [2.75, 3.05) is 5.32 Å². The van der Waals surface area contributed by atoms with E-state index in [9.17, 15) is 9.90 Å². The maximum Gasteiger partial charge on any atom is 0.319 e. The molecule has 0 fully saturated rings. The molecule has 176 valence electrons. The number of aromatic hydroxyl groups is 1. The summed E-state index contributed by atoms with van der Waals surface area (Å²) in [5.41, 5.74) is 3.21. The Kier molecular flexibility index (Phi) is 7.37. The summed E-state index contributed by atoms with van der Waals surface area (Å²) in [5, 5.41) is 24.5. The van der Waals surface area contributed by atoms with Crippen molar-refractivity contribution in [1.82, 2.24) is 10.3 Å². The van der Waals surface area contributed by atoms with Crippen LogP contribution in [0.5, 0.6) is 17.2 Å². The van der Waals surface area contributed by atoms with Gasteiger partial charge in [-0.05, 0) is 55.5 Å². The summed E-state index contributed by atoms with van der Waals surface area (Å²) in [5.74, 6) is 1.43. The Balaban J connectivity index is 1.43. The lowest BCUT2D eigenvalue weighted by molar-refractivity contribution is 0.248. The highest BCUT2D eigenvalue weighted by molar-refractivity contribution is 5.99. The summed E-state index contributed by atoms with van der Waals surface area (Å²) in [6.45, 7) is 2.01. The molecule has 2 amide bonds. The van der Waals surface area contributed by atoms with E-state index in [-0.39, 0.29) is 12.2 Å². The van der Waals surface area contributed by atoms with Gasteiger partial charge in [-0.2, -0.15) is 0 Å². The van der Waals surface area contributed by atoms with E-state index in [1.165, 1.54) is 0 Å². The van der Waals surface area contributed by atoms with E-state index in [4.69, 9.17) is 10.1 Å². The van der Waals surface area contributed by atoms with Crippen molar-refractivity contribution in [1.29, 1.82) is 5.41 Å². The highest BCUT2D eigenvalue weighted by Crippen LogP contribution is 2.28. The number of urea groups is 1. The van der Waals surface area contributed by atoms with Gasteiger partial charge in [-0.15, -0.1) is 0 Å². The molecule has 1 heterocycles. The van der Waals surface area contributed by atoms with E-state index in [1.807, 2.05) is 31.2 Å². The first kappa shape index (κ1) is 23.5. The molecular formula is C28H26N4O3. The molecule has 0 aliphatic rings. The number of ether oxygens (including phenoxy) is 1. The predicted octanol–water partition coefficient (Wildman–Crippen LogP) is 6.21. The molecule has 1 atom stereocenters. The zero-order valence-corrected chi connectivity index (χ0v) is 19.2. The summed E-state index contributed by atoms with van der Waals surface area (Å²) in [7, 11) is 0. The number of rotatable bonds is 8. The zero-order valence-electron chi connectivity index (χ0n) is 19.2. The molecular weight excluding hydrogens is 440 g/mol. The fraction of sp³-hybridized carbons (Fsp3) is 0.107. The summed E-state index contributed by atoms with van der Waals surface area (Å²) in [4.78, 5) is 16.9. The normalized spacial score (nSPS) is 11.3. The van der Waals surface area contributed by atoms with E-state index in [0.29, 0.717) is 28.3 Å². The summed E-state index contributed by atoms with van der Waals surface area (Å²) in [6, 6.07) is 24.0. The second-order valence-electron chi connectivity index (χ2n) is 8.07. The second kappa shape index (κ2) is 11.0. The smallest absolute Gasteiger partial charge is 0.319 e. The van der Waals surface area contributed by atoms with Gasteiger partial charge in [-0.3, -0.25) is 4.98 Å². The van der Waals surface area contributed by atoms with E-state index in [0.717, 1.165) is 11.3 Å². The van der Waals surface area contributed by atoms with Crippen LogP contribution >= 0.6 is 0 Å². The Morgan fingerprint density at radius 2 is 1.66 bits per heavy atom. The second-order valence-corrected chi connectivity index (χ2v) is 8.07. The highest BCUT2D eigenvalue weighted by atomic mass is 16.5. The van der Waals surface area contributed by atoms with Gasteiger partial charge in [0.05, 0.1) is 6.04 Å². The molecule has 3 aromatic carbocycles. The molecule has 0 aliphatic heterocycles. The molecule has 0 saturated carbocycles. The Hall–Kier alpha value is -4.65. The van der Waals surface area contributed by atoms with Gasteiger partial charge in [0.2, 0.25) is 0 Å². The molecule has 7 heteroatoms. The van der Waals surface area contributed by atoms with Gasteiger partial charge >= 0.3 is 6.03 Å². The lowest BCUT2D eigenvalue weighted by Crippen LogP contribution is -2.34. The number of aryl methyl sites for hydroxylation is 1.